The lowest BCUT2D eigenvalue weighted by Crippen LogP contribution is -2.10. The van der Waals surface area contributed by atoms with Crippen molar-refractivity contribution < 1.29 is 9.13 Å². The molecule has 0 radical (unpaired) electrons. The lowest BCUT2D eigenvalue weighted by molar-refractivity contribution is 0.227. The Hall–Kier alpha value is -3.68. The number of pyridine rings is 1. The van der Waals surface area contributed by atoms with E-state index >= 15 is 0 Å². The van der Waals surface area contributed by atoms with Crippen LogP contribution < -0.4 is 10.5 Å². The Kier molecular flexibility index (Phi) is 4.50. The number of aryl methyl sites for hydroxylation is 2. The van der Waals surface area contributed by atoms with Crippen LogP contribution in [0.2, 0.25) is 0 Å². The molecule has 1 aliphatic heterocycles. The van der Waals surface area contributed by atoms with Gasteiger partial charge in [-0.05, 0) is 38.1 Å². The quantitative estimate of drug-likeness (QED) is 0.502. The standard InChI is InChI=1S/C23H23FN6O/c1-4-30-21-14(11-28-30)7-19-22(29(3)12-27-19)17-6-5-16(24)9-18(17)13(2)31-20-8-15(21)10-26-23(20)25/h5-6,8-13H,4,7H2,1-3H3,(H2,25,26). The molecule has 158 valence electrons. The number of ether oxygens (including phenoxy) is 1. The van der Waals surface area contributed by atoms with E-state index in [1.165, 1.54) is 12.1 Å². The topological polar surface area (TPSA) is 83.8 Å². The zero-order valence-electron chi connectivity index (χ0n) is 17.6. The third-order valence-electron chi connectivity index (χ3n) is 5.75. The molecule has 1 aliphatic rings. The van der Waals surface area contributed by atoms with E-state index in [9.17, 15) is 4.39 Å². The van der Waals surface area contributed by atoms with Crippen LogP contribution in [-0.4, -0.2) is 24.3 Å². The summed E-state index contributed by atoms with van der Waals surface area (Å²) in [7, 11) is 1.94. The molecule has 8 heteroatoms. The predicted octanol–water partition coefficient (Wildman–Crippen LogP) is 4.13. The Bertz CT molecular complexity index is 1290. The molecule has 2 bridgehead atoms. The van der Waals surface area contributed by atoms with Crippen molar-refractivity contribution in [1.82, 2.24) is 24.3 Å². The van der Waals surface area contributed by atoms with Gasteiger partial charge in [-0.3, -0.25) is 4.68 Å². The van der Waals surface area contributed by atoms with Gasteiger partial charge < -0.3 is 15.0 Å². The van der Waals surface area contributed by atoms with Gasteiger partial charge in [-0.2, -0.15) is 5.10 Å². The van der Waals surface area contributed by atoms with Gasteiger partial charge in [-0.1, -0.05) is 0 Å². The maximum Gasteiger partial charge on any atom is 0.166 e. The third-order valence-corrected chi connectivity index (χ3v) is 5.75. The van der Waals surface area contributed by atoms with Crippen LogP contribution in [0.4, 0.5) is 10.2 Å². The number of imidazole rings is 1. The average molecular weight is 418 g/mol. The third kappa shape index (κ3) is 3.15. The highest BCUT2D eigenvalue weighted by molar-refractivity contribution is 5.71. The van der Waals surface area contributed by atoms with Gasteiger partial charge in [-0.15, -0.1) is 0 Å². The first-order valence-corrected chi connectivity index (χ1v) is 10.2. The van der Waals surface area contributed by atoms with E-state index in [1.54, 1.807) is 18.6 Å². The van der Waals surface area contributed by atoms with Crippen molar-refractivity contribution >= 4 is 5.82 Å². The van der Waals surface area contributed by atoms with E-state index in [4.69, 9.17) is 10.5 Å². The molecule has 1 aromatic carbocycles. The zero-order chi connectivity index (χ0) is 21.7. The van der Waals surface area contributed by atoms with Gasteiger partial charge in [0.15, 0.2) is 11.6 Å². The van der Waals surface area contributed by atoms with Crippen molar-refractivity contribution in [1.29, 1.82) is 0 Å². The van der Waals surface area contributed by atoms with Crippen LogP contribution in [0.15, 0.2) is 43.0 Å². The largest absolute Gasteiger partial charge is 0.482 e. The van der Waals surface area contributed by atoms with Crippen molar-refractivity contribution in [3.05, 3.63) is 65.6 Å². The van der Waals surface area contributed by atoms with Gasteiger partial charge in [0.25, 0.3) is 0 Å². The van der Waals surface area contributed by atoms with E-state index in [0.717, 1.165) is 39.3 Å². The Morgan fingerprint density at radius 1 is 1.19 bits per heavy atom. The fourth-order valence-electron chi connectivity index (χ4n) is 4.28. The summed E-state index contributed by atoms with van der Waals surface area (Å²) in [4.78, 5) is 9.02. The van der Waals surface area contributed by atoms with Gasteiger partial charge in [0.05, 0.1) is 29.6 Å². The van der Waals surface area contributed by atoms with Gasteiger partial charge in [0.1, 0.15) is 11.9 Å². The minimum absolute atomic E-state index is 0.288. The lowest BCUT2D eigenvalue weighted by Gasteiger charge is -2.21. The van der Waals surface area contributed by atoms with Crippen LogP contribution in [-0.2, 0) is 20.0 Å². The monoisotopic (exact) mass is 418 g/mol. The molecule has 0 saturated carbocycles. The molecule has 5 rings (SSSR count). The first-order chi connectivity index (χ1) is 15.0. The SMILES string of the molecule is CCn1ncc2c1-c1cnc(N)c(c1)OC(C)c1cc(F)ccc1-c1c(ncn1C)C2. The number of anilines is 1. The molecule has 7 nitrogen and oxygen atoms in total. The van der Waals surface area contributed by atoms with E-state index in [-0.39, 0.29) is 11.6 Å². The van der Waals surface area contributed by atoms with Crippen LogP contribution in [0.3, 0.4) is 0 Å². The number of nitrogen functional groups attached to an aromatic ring is 1. The summed E-state index contributed by atoms with van der Waals surface area (Å²) in [5, 5.41) is 4.57. The summed E-state index contributed by atoms with van der Waals surface area (Å²) in [6.45, 7) is 4.64. The molecule has 1 atom stereocenters. The molecule has 31 heavy (non-hydrogen) atoms. The second-order valence-electron chi connectivity index (χ2n) is 7.76. The number of aromatic nitrogens is 5. The average Bonchev–Trinajstić information content (AvgIpc) is 3.32. The molecule has 0 fully saturated rings. The first-order valence-electron chi connectivity index (χ1n) is 10.2. The van der Waals surface area contributed by atoms with E-state index in [2.05, 4.69) is 15.1 Å². The Balaban J connectivity index is 1.82. The van der Waals surface area contributed by atoms with Crippen molar-refractivity contribution in [2.75, 3.05) is 5.73 Å². The maximum absolute atomic E-state index is 14.2. The fraction of sp³-hybridized carbons (Fsp3) is 0.261. The Labute approximate surface area is 179 Å². The summed E-state index contributed by atoms with van der Waals surface area (Å²) in [6, 6.07) is 6.64. The van der Waals surface area contributed by atoms with E-state index in [1.807, 2.05) is 42.4 Å². The highest BCUT2D eigenvalue weighted by Gasteiger charge is 2.24. The Morgan fingerprint density at radius 3 is 2.84 bits per heavy atom. The molecular formula is C23H23FN6O. The van der Waals surface area contributed by atoms with Gasteiger partial charge >= 0.3 is 0 Å². The summed E-state index contributed by atoms with van der Waals surface area (Å²) in [5.41, 5.74) is 12.4. The smallest absolute Gasteiger partial charge is 0.166 e. The normalized spacial score (nSPS) is 15.2. The second kappa shape index (κ2) is 7.23. The van der Waals surface area contributed by atoms with Crippen molar-refractivity contribution in [2.24, 2.45) is 7.05 Å². The molecule has 2 N–H and O–H groups in total. The summed E-state index contributed by atoms with van der Waals surface area (Å²) < 4.78 is 24.4. The number of benzene rings is 1. The van der Waals surface area contributed by atoms with Crippen molar-refractivity contribution in [3.8, 4) is 28.3 Å². The molecule has 4 aromatic rings. The van der Waals surface area contributed by atoms with E-state index < -0.39 is 6.10 Å². The summed E-state index contributed by atoms with van der Waals surface area (Å²) >= 11 is 0. The molecular weight excluding hydrogens is 395 g/mol. The first kappa shape index (κ1) is 19.3. The number of nitrogens with zero attached hydrogens (tertiary/aromatic N) is 5. The number of rotatable bonds is 1. The highest BCUT2D eigenvalue weighted by atomic mass is 19.1. The number of hydrogen-bond acceptors (Lipinski definition) is 5. The molecule has 3 aromatic heterocycles. The molecule has 0 saturated heterocycles. The highest BCUT2D eigenvalue weighted by Crippen LogP contribution is 2.38. The van der Waals surface area contributed by atoms with Gasteiger partial charge in [-0.25, -0.2) is 14.4 Å². The summed E-state index contributed by atoms with van der Waals surface area (Å²) in [5.74, 6) is 0.424. The van der Waals surface area contributed by atoms with Crippen LogP contribution in [0.5, 0.6) is 5.75 Å². The minimum Gasteiger partial charge on any atom is -0.482 e. The molecule has 0 spiro atoms. The second-order valence-corrected chi connectivity index (χ2v) is 7.76. The van der Waals surface area contributed by atoms with Crippen LogP contribution in [0.1, 0.15) is 36.8 Å². The zero-order valence-corrected chi connectivity index (χ0v) is 17.6. The molecule has 4 heterocycles. The fourth-order valence-corrected chi connectivity index (χ4v) is 4.28. The van der Waals surface area contributed by atoms with Crippen LogP contribution in [0, 0.1) is 5.82 Å². The van der Waals surface area contributed by atoms with Crippen LogP contribution in [0.25, 0.3) is 22.5 Å². The predicted molar refractivity (Wildman–Crippen MR) is 116 cm³/mol. The van der Waals surface area contributed by atoms with Crippen molar-refractivity contribution in [2.45, 2.75) is 32.9 Å². The number of nitrogens with two attached hydrogens (primary N) is 1. The maximum atomic E-state index is 14.2. The number of hydrogen-bond donors (Lipinski definition) is 1. The van der Waals surface area contributed by atoms with Gasteiger partial charge in [0, 0.05) is 48.5 Å². The molecule has 0 amide bonds. The van der Waals surface area contributed by atoms with Gasteiger partial charge in [0.2, 0.25) is 0 Å². The number of fused-ring (bicyclic) bond motifs is 7. The number of halogens is 1. The van der Waals surface area contributed by atoms with Crippen LogP contribution >= 0.6 is 0 Å². The molecule has 1 unspecified atom stereocenters. The van der Waals surface area contributed by atoms with Crippen molar-refractivity contribution in [3.63, 3.8) is 0 Å². The summed E-state index contributed by atoms with van der Waals surface area (Å²) in [6.07, 6.45) is 5.51. The Morgan fingerprint density at radius 2 is 2.03 bits per heavy atom. The lowest BCUT2D eigenvalue weighted by atomic mass is 9.96. The van der Waals surface area contributed by atoms with E-state index in [0.29, 0.717) is 18.7 Å². The molecule has 0 aliphatic carbocycles. The minimum atomic E-state index is -0.456.